The van der Waals surface area contributed by atoms with Crippen LogP contribution in [0.15, 0.2) is 18.2 Å². The summed E-state index contributed by atoms with van der Waals surface area (Å²) >= 11 is 0. The Labute approximate surface area is 88.0 Å². The Morgan fingerprint density at radius 3 is 3.07 bits per heavy atom. The van der Waals surface area contributed by atoms with E-state index in [2.05, 4.69) is 0 Å². The molecule has 0 saturated heterocycles. The molecule has 15 heavy (non-hydrogen) atoms. The van der Waals surface area contributed by atoms with Gasteiger partial charge in [-0.25, -0.2) is 4.79 Å². The summed E-state index contributed by atoms with van der Waals surface area (Å²) in [6.45, 7) is 0.337. The van der Waals surface area contributed by atoms with Crippen molar-refractivity contribution >= 4 is 5.97 Å². The van der Waals surface area contributed by atoms with Crippen molar-refractivity contribution in [2.24, 2.45) is 5.73 Å². The van der Waals surface area contributed by atoms with E-state index in [9.17, 15) is 4.79 Å². The molecule has 0 aromatic heterocycles. The van der Waals surface area contributed by atoms with Gasteiger partial charge >= 0.3 is 5.97 Å². The highest BCUT2D eigenvalue weighted by atomic mass is 16.5. The van der Waals surface area contributed by atoms with E-state index in [1.807, 2.05) is 6.07 Å². The first kappa shape index (κ1) is 9.98. The number of cyclic esters (lactones) is 1. The highest BCUT2D eigenvalue weighted by Gasteiger charge is 2.27. The summed E-state index contributed by atoms with van der Waals surface area (Å²) < 4.78 is 10.3. The normalized spacial score (nSPS) is 19.3. The number of ether oxygens (including phenoxy) is 2. The van der Waals surface area contributed by atoms with E-state index >= 15 is 0 Å². The number of esters is 1. The van der Waals surface area contributed by atoms with Gasteiger partial charge in [0.2, 0.25) is 0 Å². The topological polar surface area (TPSA) is 61.6 Å². The van der Waals surface area contributed by atoms with E-state index in [0.717, 1.165) is 11.3 Å². The number of carbonyl (C=O) groups excluding carboxylic acids is 1. The Balaban J connectivity index is 2.45. The molecule has 1 heterocycles. The SMILES string of the molecule is COc1cccc2c1CC(CN)OC2=O. The monoisotopic (exact) mass is 207 g/mol. The number of hydrogen-bond acceptors (Lipinski definition) is 4. The third-order valence-electron chi connectivity index (χ3n) is 2.54. The van der Waals surface area contributed by atoms with Crippen LogP contribution in [0.2, 0.25) is 0 Å². The number of benzene rings is 1. The maximum Gasteiger partial charge on any atom is 0.338 e. The fraction of sp³-hybridized carbons (Fsp3) is 0.364. The lowest BCUT2D eigenvalue weighted by atomic mass is 9.97. The lowest BCUT2D eigenvalue weighted by Crippen LogP contribution is -2.33. The highest BCUT2D eigenvalue weighted by Crippen LogP contribution is 2.28. The second-order valence-corrected chi connectivity index (χ2v) is 3.45. The average molecular weight is 207 g/mol. The maximum absolute atomic E-state index is 11.6. The molecule has 1 aliphatic rings. The molecule has 80 valence electrons. The van der Waals surface area contributed by atoms with Crippen molar-refractivity contribution in [1.29, 1.82) is 0 Å². The average Bonchev–Trinajstić information content (AvgIpc) is 2.28. The number of methoxy groups -OCH3 is 1. The number of hydrogen-bond donors (Lipinski definition) is 1. The summed E-state index contributed by atoms with van der Waals surface area (Å²) in [6.07, 6.45) is 0.392. The fourth-order valence-corrected chi connectivity index (χ4v) is 1.77. The predicted octanol–water partition coefficient (Wildman–Crippen LogP) is 0.735. The van der Waals surface area contributed by atoms with Crippen LogP contribution in [0.5, 0.6) is 5.75 Å². The number of rotatable bonds is 2. The molecule has 1 aromatic carbocycles. The fourth-order valence-electron chi connectivity index (χ4n) is 1.77. The minimum Gasteiger partial charge on any atom is -0.496 e. The van der Waals surface area contributed by atoms with Gasteiger partial charge in [0.25, 0.3) is 0 Å². The lowest BCUT2D eigenvalue weighted by molar-refractivity contribution is 0.0276. The van der Waals surface area contributed by atoms with Crippen LogP contribution >= 0.6 is 0 Å². The quantitative estimate of drug-likeness (QED) is 0.726. The molecule has 4 heteroatoms. The van der Waals surface area contributed by atoms with Gasteiger partial charge in [-0.05, 0) is 12.1 Å². The van der Waals surface area contributed by atoms with Crippen LogP contribution in [0.4, 0.5) is 0 Å². The molecule has 0 aliphatic carbocycles. The molecular formula is C11H13NO3. The summed E-state index contributed by atoms with van der Waals surface area (Å²) in [5.74, 6) is 0.410. The van der Waals surface area contributed by atoms with Crippen LogP contribution < -0.4 is 10.5 Å². The lowest BCUT2D eigenvalue weighted by Gasteiger charge is -2.24. The molecule has 2 rings (SSSR count). The van der Waals surface area contributed by atoms with Crippen LogP contribution in [-0.4, -0.2) is 25.7 Å². The molecule has 1 aromatic rings. The molecule has 0 bridgehead atoms. The van der Waals surface area contributed by atoms with E-state index in [-0.39, 0.29) is 12.1 Å². The second kappa shape index (κ2) is 3.90. The van der Waals surface area contributed by atoms with Crippen LogP contribution in [0, 0.1) is 0 Å². The van der Waals surface area contributed by atoms with E-state index in [1.54, 1.807) is 19.2 Å². The van der Waals surface area contributed by atoms with Gasteiger partial charge in [-0.3, -0.25) is 0 Å². The van der Waals surface area contributed by atoms with Crippen molar-refractivity contribution in [2.45, 2.75) is 12.5 Å². The molecule has 0 fully saturated rings. The maximum atomic E-state index is 11.6. The van der Waals surface area contributed by atoms with Crippen LogP contribution in [-0.2, 0) is 11.2 Å². The minimum atomic E-state index is -0.314. The third-order valence-corrected chi connectivity index (χ3v) is 2.54. The Kier molecular flexibility index (Phi) is 2.60. The first-order chi connectivity index (χ1) is 7.26. The largest absolute Gasteiger partial charge is 0.496 e. The minimum absolute atomic E-state index is 0.235. The summed E-state index contributed by atoms with van der Waals surface area (Å²) in [6, 6.07) is 5.36. The van der Waals surface area contributed by atoms with Gasteiger partial charge in [-0.1, -0.05) is 6.07 Å². The summed E-state index contributed by atoms with van der Waals surface area (Å²) in [4.78, 5) is 11.6. The smallest absolute Gasteiger partial charge is 0.338 e. The van der Waals surface area contributed by atoms with Crippen LogP contribution in [0.3, 0.4) is 0 Å². The van der Waals surface area contributed by atoms with Crippen molar-refractivity contribution in [3.8, 4) is 5.75 Å². The highest BCUT2D eigenvalue weighted by molar-refractivity contribution is 5.93. The van der Waals surface area contributed by atoms with Crippen molar-refractivity contribution in [1.82, 2.24) is 0 Å². The number of carbonyl (C=O) groups is 1. The van der Waals surface area contributed by atoms with E-state index < -0.39 is 0 Å². The predicted molar refractivity (Wildman–Crippen MR) is 55.0 cm³/mol. The van der Waals surface area contributed by atoms with Gasteiger partial charge in [0.05, 0.1) is 12.7 Å². The molecule has 0 amide bonds. The van der Waals surface area contributed by atoms with Gasteiger partial charge in [0.1, 0.15) is 11.9 Å². The van der Waals surface area contributed by atoms with Gasteiger partial charge < -0.3 is 15.2 Å². The molecule has 1 unspecified atom stereocenters. The van der Waals surface area contributed by atoms with Gasteiger partial charge in [-0.2, -0.15) is 0 Å². The molecule has 0 spiro atoms. The van der Waals surface area contributed by atoms with Crippen LogP contribution in [0.1, 0.15) is 15.9 Å². The number of nitrogens with two attached hydrogens (primary N) is 1. The van der Waals surface area contributed by atoms with E-state index in [0.29, 0.717) is 18.5 Å². The van der Waals surface area contributed by atoms with Gasteiger partial charge in [0.15, 0.2) is 0 Å². The zero-order valence-corrected chi connectivity index (χ0v) is 8.53. The summed E-state index contributed by atoms with van der Waals surface area (Å²) in [5, 5.41) is 0. The summed E-state index contributed by atoms with van der Waals surface area (Å²) in [5.41, 5.74) is 6.97. The molecule has 1 aliphatic heterocycles. The van der Waals surface area contributed by atoms with Gasteiger partial charge in [-0.15, -0.1) is 0 Å². The second-order valence-electron chi connectivity index (χ2n) is 3.45. The molecule has 0 radical (unpaired) electrons. The Bertz CT molecular complexity index is 389. The molecular weight excluding hydrogens is 194 g/mol. The molecule has 0 saturated carbocycles. The van der Waals surface area contributed by atoms with E-state index in [4.69, 9.17) is 15.2 Å². The zero-order valence-electron chi connectivity index (χ0n) is 8.53. The summed E-state index contributed by atoms with van der Waals surface area (Å²) in [7, 11) is 1.59. The Hall–Kier alpha value is -1.55. The van der Waals surface area contributed by atoms with Crippen molar-refractivity contribution in [3.63, 3.8) is 0 Å². The third kappa shape index (κ3) is 1.68. The Morgan fingerprint density at radius 1 is 1.60 bits per heavy atom. The Morgan fingerprint density at radius 2 is 2.40 bits per heavy atom. The molecule has 2 N–H and O–H groups in total. The number of fused-ring (bicyclic) bond motifs is 1. The molecule has 1 atom stereocenters. The van der Waals surface area contributed by atoms with Crippen molar-refractivity contribution < 1.29 is 14.3 Å². The first-order valence-corrected chi connectivity index (χ1v) is 4.83. The van der Waals surface area contributed by atoms with Crippen LogP contribution in [0.25, 0.3) is 0 Å². The van der Waals surface area contributed by atoms with Gasteiger partial charge in [0, 0.05) is 18.5 Å². The van der Waals surface area contributed by atoms with Crippen molar-refractivity contribution in [2.75, 3.05) is 13.7 Å². The molecule has 4 nitrogen and oxygen atoms in total. The van der Waals surface area contributed by atoms with Crippen molar-refractivity contribution in [3.05, 3.63) is 29.3 Å². The zero-order chi connectivity index (χ0) is 10.8. The van der Waals surface area contributed by atoms with E-state index in [1.165, 1.54) is 0 Å². The standard InChI is InChI=1S/C11H13NO3/c1-14-10-4-2-3-8-9(10)5-7(6-12)15-11(8)13/h2-4,7H,5-6,12H2,1H3. The first-order valence-electron chi connectivity index (χ1n) is 4.83.